The minimum atomic E-state index is -0.510. The molecule has 2 aromatic rings. The smallest absolute Gasteiger partial charge is 0.122 e. The molecule has 2 unspecified atom stereocenters. The summed E-state index contributed by atoms with van der Waals surface area (Å²) in [4.78, 5) is 4.97. The van der Waals surface area contributed by atoms with Crippen LogP contribution in [0.1, 0.15) is 29.4 Å². The summed E-state index contributed by atoms with van der Waals surface area (Å²) in [7, 11) is 0. The second kappa shape index (κ2) is 5.08. The molecule has 1 N–H and O–H groups in total. The first kappa shape index (κ1) is 11.8. The van der Waals surface area contributed by atoms with Crippen LogP contribution < -0.4 is 0 Å². The van der Waals surface area contributed by atoms with Crippen LogP contribution in [-0.2, 0) is 0 Å². The summed E-state index contributed by atoms with van der Waals surface area (Å²) in [6.45, 7) is 2.02. The molecule has 0 aliphatic carbocycles. The maximum atomic E-state index is 10.3. The van der Waals surface area contributed by atoms with Crippen LogP contribution in [0.3, 0.4) is 0 Å². The number of aliphatic hydroxyl groups is 1. The van der Waals surface area contributed by atoms with Gasteiger partial charge in [0.25, 0.3) is 0 Å². The molecule has 2 rings (SSSR count). The highest BCUT2D eigenvalue weighted by molar-refractivity contribution is 9.10. The lowest BCUT2D eigenvalue weighted by molar-refractivity contribution is 0.154. The molecular formula is C12H12BrNOS. The first-order valence-corrected chi connectivity index (χ1v) is 6.69. The van der Waals surface area contributed by atoms with Crippen molar-refractivity contribution in [3.8, 4) is 0 Å². The molecule has 2 nitrogen and oxygen atoms in total. The summed E-state index contributed by atoms with van der Waals surface area (Å²) in [5.74, 6) is 0.0675. The third-order valence-electron chi connectivity index (χ3n) is 2.62. The van der Waals surface area contributed by atoms with E-state index in [-0.39, 0.29) is 5.92 Å². The van der Waals surface area contributed by atoms with Crippen molar-refractivity contribution in [1.82, 2.24) is 4.98 Å². The first-order chi connectivity index (χ1) is 7.70. The van der Waals surface area contributed by atoms with E-state index in [2.05, 4.69) is 20.9 Å². The van der Waals surface area contributed by atoms with Gasteiger partial charge >= 0.3 is 0 Å². The van der Waals surface area contributed by atoms with Gasteiger partial charge in [0, 0.05) is 5.92 Å². The summed E-state index contributed by atoms with van der Waals surface area (Å²) in [6, 6.07) is 10.0. The van der Waals surface area contributed by atoms with Gasteiger partial charge in [0.05, 0.1) is 16.5 Å². The Bertz CT molecular complexity index is 457. The maximum Gasteiger partial charge on any atom is 0.122 e. The third-order valence-corrected chi connectivity index (χ3v) is 4.41. The van der Waals surface area contributed by atoms with Crippen molar-refractivity contribution in [3.05, 3.63) is 50.9 Å². The Morgan fingerprint density at radius 3 is 2.56 bits per heavy atom. The number of aromatic nitrogens is 1. The number of halogens is 1. The highest BCUT2D eigenvalue weighted by atomic mass is 79.9. The van der Waals surface area contributed by atoms with Crippen molar-refractivity contribution in [3.63, 3.8) is 0 Å². The van der Waals surface area contributed by atoms with Crippen LogP contribution in [0.2, 0.25) is 0 Å². The van der Waals surface area contributed by atoms with Crippen molar-refractivity contribution >= 4 is 27.3 Å². The topological polar surface area (TPSA) is 33.1 Å². The molecule has 4 heteroatoms. The Balaban J connectivity index is 2.23. The van der Waals surface area contributed by atoms with E-state index in [1.54, 1.807) is 5.51 Å². The number of aliphatic hydroxyl groups excluding tert-OH is 1. The molecule has 1 aromatic carbocycles. The van der Waals surface area contributed by atoms with Gasteiger partial charge in [0.1, 0.15) is 4.60 Å². The van der Waals surface area contributed by atoms with Crippen LogP contribution in [0, 0.1) is 0 Å². The van der Waals surface area contributed by atoms with E-state index < -0.39 is 6.10 Å². The zero-order valence-corrected chi connectivity index (χ0v) is 11.2. The SMILES string of the molecule is CC(c1ccccc1)C(O)c1scnc1Br. The number of hydrogen-bond acceptors (Lipinski definition) is 3. The van der Waals surface area contributed by atoms with Gasteiger partial charge in [-0.3, -0.25) is 0 Å². The number of benzene rings is 1. The summed E-state index contributed by atoms with van der Waals surface area (Å²) in [5, 5.41) is 10.3. The van der Waals surface area contributed by atoms with Crippen molar-refractivity contribution in [1.29, 1.82) is 0 Å². The molecule has 0 bridgehead atoms. The summed E-state index contributed by atoms with van der Waals surface area (Å²) >= 11 is 4.82. The average molecular weight is 298 g/mol. The second-order valence-electron chi connectivity index (χ2n) is 3.65. The Morgan fingerprint density at radius 1 is 1.31 bits per heavy atom. The normalized spacial score (nSPS) is 14.7. The Morgan fingerprint density at radius 2 is 2.00 bits per heavy atom. The van der Waals surface area contributed by atoms with Gasteiger partial charge in [0.15, 0.2) is 0 Å². The van der Waals surface area contributed by atoms with Crippen LogP contribution in [0.25, 0.3) is 0 Å². The van der Waals surface area contributed by atoms with E-state index in [1.165, 1.54) is 11.3 Å². The van der Waals surface area contributed by atoms with Crippen LogP contribution in [-0.4, -0.2) is 10.1 Å². The second-order valence-corrected chi connectivity index (χ2v) is 5.29. The van der Waals surface area contributed by atoms with Gasteiger partial charge in [-0.05, 0) is 21.5 Å². The predicted octanol–water partition coefficient (Wildman–Crippen LogP) is 3.74. The molecule has 0 amide bonds. The molecule has 84 valence electrons. The van der Waals surface area contributed by atoms with E-state index in [1.807, 2.05) is 37.3 Å². The average Bonchev–Trinajstić information content (AvgIpc) is 2.75. The standard InChI is InChI=1S/C12H12BrNOS/c1-8(9-5-3-2-4-6-9)10(15)11-12(13)14-7-16-11/h2-8,10,15H,1H3. The minimum Gasteiger partial charge on any atom is -0.387 e. The minimum absolute atomic E-state index is 0.0675. The van der Waals surface area contributed by atoms with Gasteiger partial charge in [-0.2, -0.15) is 0 Å². The van der Waals surface area contributed by atoms with Gasteiger partial charge < -0.3 is 5.11 Å². The van der Waals surface area contributed by atoms with Crippen LogP contribution >= 0.6 is 27.3 Å². The molecule has 1 heterocycles. The molecule has 0 spiro atoms. The van der Waals surface area contributed by atoms with Crippen molar-refractivity contribution < 1.29 is 5.11 Å². The zero-order chi connectivity index (χ0) is 11.5. The van der Waals surface area contributed by atoms with Crippen molar-refractivity contribution in [2.24, 2.45) is 0 Å². The van der Waals surface area contributed by atoms with E-state index in [4.69, 9.17) is 0 Å². The molecule has 0 aliphatic rings. The van der Waals surface area contributed by atoms with Gasteiger partial charge in [0.2, 0.25) is 0 Å². The fraction of sp³-hybridized carbons (Fsp3) is 0.250. The first-order valence-electron chi connectivity index (χ1n) is 5.02. The monoisotopic (exact) mass is 297 g/mol. The number of thiazole rings is 1. The Labute approximate surface area is 107 Å². The molecule has 16 heavy (non-hydrogen) atoms. The fourth-order valence-electron chi connectivity index (χ4n) is 1.60. The molecule has 0 saturated heterocycles. The Hall–Kier alpha value is -0.710. The number of nitrogens with zero attached hydrogens (tertiary/aromatic N) is 1. The highest BCUT2D eigenvalue weighted by Gasteiger charge is 2.21. The van der Waals surface area contributed by atoms with Gasteiger partial charge in [-0.15, -0.1) is 11.3 Å². The fourth-order valence-corrected chi connectivity index (χ4v) is 3.12. The lowest BCUT2D eigenvalue weighted by Gasteiger charge is -2.18. The quantitative estimate of drug-likeness (QED) is 0.936. The summed E-state index contributed by atoms with van der Waals surface area (Å²) in [5.41, 5.74) is 2.87. The van der Waals surface area contributed by atoms with Gasteiger partial charge in [-0.1, -0.05) is 37.3 Å². The predicted molar refractivity (Wildman–Crippen MR) is 69.6 cm³/mol. The molecular weight excluding hydrogens is 286 g/mol. The summed E-state index contributed by atoms with van der Waals surface area (Å²) < 4.78 is 0.743. The van der Waals surface area contributed by atoms with E-state index in [0.29, 0.717) is 0 Å². The van der Waals surface area contributed by atoms with Crippen LogP contribution in [0.4, 0.5) is 0 Å². The highest BCUT2D eigenvalue weighted by Crippen LogP contribution is 2.36. The maximum absolute atomic E-state index is 10.3. The molecule has 0 saturated carbocycles. The van der Waals surface area contributed by atoms with Gasteiger partial charge in [-0.25, -0.2) is 4.98 Å². The molecule has 1 aromatic heterocycles. The Kier molecular flexibility index (Phi) is 3.74. The van der Waals surface area contributed by atoms with Crippen molar-refractivity contribution in [2.75, 3.05) is 0 Å². The molecule has 2 atom stereocenters. The lowest BCUT2D eigenvalue weighted by Crippen LogP contribution is -2.06. The summed E-state index contributed by atoms with van der Waals surface area (Å²) in [6.07, 6.45) is -0.510. The van der Waals surface area contributed by atoms with E-state index >= 15 is 0 Å². The lowest BCUT2D eigenvalue weighted by atomic mass is 9.95. The van der Waals surface area contributed by atoms with Crippen LogP contribution in [0.15, 0.2) is 40.4 Å². The van der Waals surface area contributed by atoms with E-state index in [0.717, 1.165) is 15.0 Å². The van der Waals surface area contributed by atoms with Crippen LogP contribution in [0.5, 0.6) is 0 Å². The number of rotatable bonds is 3. The zero-order valence-electron chi connectivity index (χ0n) is 8.80. The number of hydrogen-bond donors (Lipinski definition) is 1. The third kappa shape index (κ3) is 2.34. The largest absolute Gasteiger partial charge is 0.387 e. The van der Waals surface area contributed by atoms with E-state index in [9.17, 15) is 5.11 Å². The molecule has 0 radical (unpaired) electrons. The molecule has 0 fully saturated rings. The van der Waals surface area contributed by atoms with Crippen molar-refractivity contribution in [2.45, 2.75) is 18.9 Å². The molecule has 0 aliphatic heterocycles.